The number of rotatable bonds is 5. The Morgan fingerprint density at radius 2 is 1.71 bits per heavy atom. The second kappa shape index (κ2) is 7.74. The summed E-state index contributed by atoms with van der Waals surface area (Å²) >= 11 is 1.33. The maximum absolute atomic E-state index is 12.7. The van der Waals surface area contributed by atoms with Crippen LogP contribution in [0, 0.1) is 0 Å². The Bertz CT molecular complexity index is 1020. The number of amides is 2. The van der Waals surface area contributed by atoms with E-state index >= 15 is 0 Å². The van der Waals surface area contributed by atoms with Gasteiger partial charge in [0.05, 0.1) is 4.88 Å². The molecular weight excluding hydrogens is 376 g/mol. The summed E-state index contributed by atoms with van der Waals surface area (Å²) in [6.45, 7) is 1.06. The van der Waals surface area contributed by atoms with Gasteiger partial charge < -0.3 is 20.5 Å². The molecule has 1 aliphatic rings. The number of thiophene rings is 1. The van der Waals surface area contributed by atoms with Crippen LogP contribution in [0.5, 0.6) is 11.5 Å². The number of nitrogens with one attached hydrogen (secondary N) is 1. The number of carbonyl (C=O) groups excluding carboxylic acids is 2. The molecule has 0 bridgehead atoms. The minimum Gasteiger partial charge on any atom is -0.486 e. The van der Waals surface area contributed by atoms with Crippen LogP contribution in [-0.4, -0.2) is 25.0 Å². The maximum atomic E-state index is 12.7. The fourth-order valence-corrected chi connectivity index (χ4v) is 3.88. The monoisotopic (exact) mass is 394 g/mol. The number of nitrogens with two attached hydrogens (primary N) is 1. The highest BCUT2D eigenvalue weighted by atomic mass is 32.1. The Labute approximate surface area is 165 Å². The van der Waals surface area contributed by atoms with Gasteiger partial charge in [-0.15, -0.1) is 11.3 Å². The fourth-order valence-electron chi connectivity index (χ4n) is 2.98. The summed E-state index contributed by atoms with van der Waals surface area (Å²) in [5, 5.41) is 2.72. The minimum absolute atomic E-state index is 0.346. The Hall–Kier alpha value is -3.32. The molecule has 0 saturated heterocycles. The SMILES string of the molecule is NC(=O)C(NC(=O)c1ccc(-c2ccc3c(c2)OCCO3)s1)c1ccccc1. The second-order valence-electron chi connectivity index (χ2n) is 6.24. The molecule has 2 aromatic carbocycles. The van der Waals surface area contributed by atoms with Gasteiger partial charge in [-0.2, -0.15) is 0 Å². The minimum atomic E-state index is -0.881. The van der Waals surface area contributed by atoms with E-state index in [4.69, 9.17) is 15.2 Å². The van der Waals surface area contributed by atoms with Crippen molar-refractivity contribution in [3.05, 3.63) is 71.1 Å². The standard InChI is InChI=1S/C21H18N2O4S/c22-20(24)19(13-4-2-1-3-5-13)23-21(25)18-9-8-17(28-18)14-6-7-15-16(12-14)27-11-10-26-15/h1-9,12,19H,10-11H2,(H2,22,24)(H,23,25). The predicted octanol–water partition coefficient (Wildman–Crippen LogP) is 3.14. The van der Waals surface area contributed by atoms with Crippen molar-refractivity contribution < 1.29 is 19.1 Å². The molecule has 4 rings (SSSR count). The molecular formula is C21H18N2O4S. The molecule has 28 heavy (non-hydrogen) atoms. The van der Waals surface area contributed by atoms with Gasteiger partial charge in [0.15, 0.2) is 11.5 Å². The summed E-state index contributed by atoms with van der Waals surface area (Å²) in [7, 11) is 0. The molecule has 0 spiro atoms. The zero-order valence-corrected chi connectivity index (χ0v) is 15.7. The van der Waals surface area contributed by atoms with Gasteiger partial charge in [-0.1, -0.05) is 30.3 Å². The summed E-state index contributed by atoms with van der Waals surface area (Å²) in [4.78, 5) is 25.9. The quantitative estimate of drug-likeness (QED) is 0.696. The molecule has 2 amide bonds. The molecule has 1 atom stereocenters. The van der Waals surface area contributed by atoms with Crippen molar-refractivity contribution >= 4 is 23.2 Å². The van der Waals surface area contributed by atoms with Crippen molar-refractivity contribution in [3.63, 3.8) is 0 Å². The summed E-state index contributed by atoms with van der Waals surface area (Å²) in [5.41, 5.74) is 7.06. The summed E-state index contributed by atoms with van der Waals surface area (Å²) in [6, 6.07) is 17.3. The van der Waals surface area contributed by atoms with Crippen LogP contribution in [-0.2, 0) is 4.79 Å². The van der Waals surface area contributed by atoms with Crippen molar-refractivity contribution in [2.45, 2.75) is 6.04 Å². The van der Waals surface area contributed by atoms with Gasteiger partial charge >= 0.3 is 0 Å². The van der Waals surface area contributed by atoms with Crippen LogP contribution < -0.4 is 20.5 Å². The van der Waals surface area contributed by atoms with Crippen LogP contribution in [0.15, 0.2) is 60.7 Å². The molecule has 0 aliphatic carbocycles. The highest BCUT2D eigenvalue weighted by Gasteiger charge is 2.22. The fraction of sp³-hybridized carbons (Fsp3) is 0.143. The van der Waals surface area contributed by atoms with Crippen LogP contribution in [0.1, 0.15) is 21.3 Å². The Balaban J connectivity index is 1.53. The van der Waals surface area contributed by atoms with E-state index < -0.39 is 11.9 Å². The van der Waals surface area contributed by atoms with Crippen LogP contribution in [0.25, 0.3) is 10.4 Å². The molecule has 0 fully saturated rings. The lowest BCUT2D eigenvalue weighted by molar-refractivity contribution is -0.120. The molecule has 1 aromatic heterocycles. The van der Waals surface area contributed by atoms with E-state index in [9.17, 15) is 9.59 Å². The molecule has 2 heterocycles. The first-order valence-corrected chi connectivity index (χ1v) is 9.58. The van der Waals surface area contributed by atoms with E-state index in [2.05, 4.69) is 5.32 Å². The van der Waals surface area contributed by atoms with Crippen molar-refractivity contribution in [1.29, 1.82) is 0 Å². The van der Waals surface area contributed by atoms with Crippen LogP contribution >= 0.6 is 11.3 Å². The topological polar surface area (TPSA) is 90.7 Å². The third-order valence-corrected chi connectivity index (χ3v) is 5.48. The first-order chi connectivity index (χ1) is 13.6. The third-order valence-electron chi connectivity index (χ3n) is 4.35. The number of primary amides is 1. The maximum Gasteiger partial charge on any atom is 0.262 e. The van der Waals surface area contributed by atoms with Gasteiger partial charge in [-0.25, -0.2) is 0 Å². The number of hydrogen-bond donors (Lipinski definition) is 2. The average molecular weight is 394 g/mol. The predicted molar refractivity (Wildman–Crippen MR) is 107 cm³/mol. The number of carbonyl (C=O) groups is 2. The first kappa shape index (κ1) is 18.1. The normalized spacial score (nSPS) is 13.6. The third kappa shape index (κ3) is 3.70. The molecule has 1 unspecified atom stereocenters. The van der Waals surface area contributed by atoms with Crippen molar-refractivity contribution in [1.82, 2.24) is 5.32 Å². The Morgan fingerprint density at radius 3 is 2.46 bits per heavy atom. The number of ether oxygens (including phenoxy) is 2. The average Bonchev–Trinajstić information content (AvgIpc) is 3.22. The lowest BCUT2D eigenvalue weighted by atomic mass is 10.1. The van der Waals surface area contributed by atoms with E-state index in [1.165, 1.54) is 11.3 Å². The van der Waals surface area contributed by atoms with Gasteiger partial charge in [0.1, 0.15) is 19.3 Å². The van der Waals surface area contributed by atoms with Gasteiger partial charge in [0, 0.05) is 4.88 Å². The molecule has 3 N–H and O–H groups in total. The van der Waals surface area contributed by atoms with Gasteiger partial charge in [-0.05, 0) is 41.5 Å². The highest BCUT2D eigenvalue weighted by molar-refractivity contribution is 7.17. The van der Waals surface area contributed by atoms with Gasteiger partial charge in [-0.3, -0.25) is 9.59 Å². The first-order valence-electron chi connectivity index (χ1n) is 8.77. The highest BCUT2D eigenvalue weighted by Crippen LogP contribution is 2.37. The molecule has 0 radical (unpaired) electrons. The van der Waals surface area contributed by atoms with Gasteiger partial charge in [0.2, 0.25) is 5.91 Å². The lowest BCUT2D eigenvalue weighted by Crippen LogP contribution is -2.37. The van der Waals surface area contributed by atoms with E-state index in [1.54, 1.807) is 30.3 Å². The van der Waals surface area contributed by atoms with Crippen LogP contribution in [0.4, 0.5) is 0 Å². The number of benzene rings is 2. The summed E-state index contributed by atoms with van der Waals surface area (Å²) in [6.07, 6.45) is 0. The molecule has 6 nitrogen and oxygen atoms in total. The summed E-state index contributed by atoms with van der Waals surface area (Å²) < 4.78 is 11.2. The van der Waals surface area contributed by atoms with E-state index in [0.29, 0.717) is 29.4 Å². The molecule has 0 saturated carbocycles. The van der Waals surface area contributed by atoms with Crippen molar-refractivity contribution in [2.75, 3.05) is 13.2 Å². The smallest absolute Gasteiger partial charge is 0.262 e. The largest absolute Gasteiger partial charge is 0.486 e. The van der Waals surface area contributed by atoms with E-state index in [0.717, 1.165) is 16.2 Å². The lowest BCUT2D eigenvalue weighted by Gasteiger charge is -2.18. The Morgan fingerprint density at radius 1 is 0.964 bits per heavy atom. The molecule has 7 heteroatoms. The number of fused-ring (bicyclic) bond motifs is 1. The second-order valence-corrected chi connectivity index (χ2v) is 7.33. The zero-order chi connectivity index (χ0) is 19.5. The van der Waals surface area contributed by atoms with E-state index in [1.807, 2.05) is 30.3 Å². The van der Waals surface area contributed by atoms with Crippen LogP contribution in [0.3, 0.4) is 0 Å². The van der Waals surface area contributed by atoms with Gasteiger partial charge in [0.25, 0.3) is 5.91 Å². The zero-order valence-electron chi connectivity index (χ0n) is 14.9. The molecule has 142 valence electrons. The summed E-state index contributed by atoms with van der Waals surface area (Å²) in [5.74, 6) is 0.460. The molecule has 3 aromatic rings. The van der Waals surface area contributed by atoms with Crippen LogP contribution in [0.2, 0.25) is 0 Å². The number of hydrogen-bond acceptors (Lipinski definition) is 5. The van der Waals surface area contributed by atoms with Crippen molar-refractivity contribution in [2.24, 2.45) is 5.73 Å². The van der Waals surface area contributed by atoms with E-state index in [-0.39, 0.29) is 5.91 Å². The van der Waals surface area contributed by atoms with Crippen molar-refractivity contribution in [3.8, 4) is 21.9 Å². The Kier molecular flexibility index (Phi) is 4.99. The molecule has 1 aliphatic heterocycles.